The van der Waals surface area contributed by atoms with Gasteiger partial charge in [-0.2, -0.15) is 0 Å². The Hall–Kier alpha value is -1.93. The number of rotatable bonds is 20. The van der Waals surface area contributed by atoms with E-state index in [9.17, 15) is 0 Å². The Balaban J connectivity index is 1.53. The molecule has 2 heteroatoms. The molecule has 0 saturated carbocycles. The first-order valence-electron chi connectivity index (χ1n) is 14.2. The number of benzene rings is 2. The minimum atomic E-state index is 0.737. The van der Waals surface area contributed by atoms with Crippen molar-refractivity contribution >= 4 is 23.2 Å². The summed E-state index contributed by atoms with van der Waals surface area (Å²) in [5, 5.41) is 0. The van der Waals surface area contributed by atoms with Crippen LogP contribution in [0.15, 0.2) is 60.4 Å². The largest absolute Gasteiger partial charge is 0.495 e. The second kappa shape index (κ2) is 19.3. The van der Waals surface area contributed by atoms with Crippen molar-refractivity contribution in [1.29, 1.82) is 0 Å². The summed E-state index contributed by atoms with van der Waals surface area (Å²) in [5.41, 5.74) is 3.54. The molecule has 0 fully saturated rings. The quantitative estimate of drug-likeness (QED) is 0.0597. The van der Waals surface area contributed by atoms with Gasteiger partial charge in [0.15, 0.2) is 0 Å². The third-order valence-electron chi connectivity index (χ3n) is 6.83. The van der Waals surface area contributed by atoms with Crippen LogP contribution in [0.5, 0.6) is 0 Å². The Morgan fingerprint density at radius 1 is 0.657 bits per heavy atom. The lowest BCUT2D eigenvalue weighted by molar-refractivity contribution is 0.320. The Labute approximate surface area is 221 Å². The molecule has 2 rings (SSSR count). The number of ether oxygens (including phenoxy) is 1. The summed E-state index contributed by atoms with van der Waals surface area (Å²) >= 11 is 5.70. The van der Waals surface area contributed by atoms with Crippen molar-refractivity contribution in [1.82, 2.24) is 0 Å². The standard InChI is InChI=1S/C33H48OS/c1-3-4-5-6-7-8-9-10-11-12-13-14-15-16-18-21-29-24-26-31(27-25-29)33(35)32(34-2)28-30-22-19-17-20-23-30/h17,19-20,22-28H,3-16,18,21H2,1-2H3. The summed E-state index contributed by atoms with van der Waals surface area (Å²) in [4.78, 5) is 0.759. The Kier molecular flexibility index (Phi) is 16.1. The number of aryl methyl sites for hydroxylation is 1. The van der Waals surface area contributed by atoms with E-state index in [2.05, 4.69) is 43.3 Å². The fraction of sp³-hybridized carbons (Fsp3) is 0.545. The monoisotopic (exact) mass is 492 g/mol. The van der Waals surface area contributed by atoms with Crippen molar-refractivity contribution in [2.75, 3.05) is 7.11 Å². The molecule has 35 heavy (non-hydrogen) atoms. The van der Waals surface area contributed by atoms with Crippen LogP contribution in [0.3, 0.4) is 0 Å². The van der Waals surface area contributed by atoms with Crippen molar-refractivity contribution in [3.63, 3.8) is 0 Å². The number of hydrogen-bond donors (Lipinski definition) is 0. The van der Waals surface area contributed by atoms with Gasteiger partial charge in [0.1, 0.15) is 5.76 Å². The van der Waals surface area contributed by atoms with Crippen LogP contribution in [-0.2, 0) is 11.2 Å². The van der Waals surface area contributed by atoms with Crippen LogP contribution in [0, 0.1) is 0 Å². The van der Waals surface area contributed by atoms with Gasteiger partial charge < -0.3 is 4.74 Å². The maximum Gasteiger partial charge on any atom is 0.138 e. The van der Waals surface area contributed by atoms with Crippen LogP contribution in [0.2, 0.25) is 0 Å². The van der Waals surface area contributed by atoms with Crippen LogP contribution in [0.25, 0.3) is 6.08 Å². The van der Waals surface area contributed by atoms with Gasteiger partial charge in [-0.1, -0.05) is 164 Å². The van der Waals surface area contributed by atoms with Crippen molar-refractivity contribution in [3.05, 3.63) is 77.0 Å². The van der Waals surface area contributed by atoms with Gasteiger partial charge in [-0.3, -0.25) is 0 Å². The maximum absolute atomic E-state index is 5.70. The molecule has 2 aromatic carbocycles. The van der Waals surface area contributed by atoms with E-state index in [1.807, 2.05) is 24.3 Å². The fourth-order valence-corrected chi connectivity index (χ4v) is 4.86. The van der Waals surface area contributed by atoms with Gasteiger partial charge in [0.25, 0.3) is 0 Å². The average molecular weight is 493 g/mol. The SMILES string of the molecule is CCCCCCCCCCCCCCCCCc1ccc(C(=S)C(=Cc2ccccc2)OC)cc1. The smallest absolute Gasteiger partial charge is 0.138 e. The minimum absolute atomic E-state index is 0.737. The Morgan fingerprint density at radius 2 is 1.14 bits per heavy atom. The first-order chi connectivity index (χ1) is 17.2. The van der Waals surface area contributed by atoms with E-state index < -0.39 is 0 Å². The topological polar surface area (TPSA) is 9.23 Å². The van der Waals surface area contributed by atoms with Crippen LogP contribution in [-0.4, -0.2) is 12.0 Å². The number of hydrogen-bond acceptors (Lipinski definition) is 2. The van der Waals surface area contributed by atoms with E-state index in [0.29, 0.717) is 0 Å². The molecule has 0 aromatic heterocycles. The molecule has 1 nitrogen and oxygen atoms in total. The zero-order chi connectivity index (χ0) is 25.0. The van der Waals surface area contributed by atoms with Crippen LogP contribution in [0.1, 0.15) is 120 Å². The fourth-order valence-electron chi connectivity index (χ4n) is 4.58. The summed E-state index contributed by atoms with van der Waals surface area (Å²) in [5.74, 6) is 0.737. The summed E-state index contributed by atoms with van der Waals surface area (Å²) in [7, 11) is 1.69. The van der Waals surface area contributed by atoms with Gasteiger partial charge in [-0.15, -0.1) is 0 Å². The predicted octanol–water partition coefficient (Wildman–Crippen LogP) is 10.5. The molecule has 0 spiro atoms. The number of thiocarbonyl (C=S) groups is 1. The second-order valence-electron chi connectivity index (χ2n) is 9.85. The number of unbranched alkanes of at least 4 members (excludes halogenated alkanes) is 14. The molecule has 0 amide bonds. The van der Waals surface area contributed by atoms with Gasteiger partial charge in [0.2, 0.25) is 0 Å². The molecule has 0 aliphatic rings. The number of allylic oxidation sites excluding steroid dienone is 1. The molecule has 0 atom stereocenters. The lowest BCUT2D eigenvalue weighted by atomic mass is 10.0. The lowest BCUT2D eigenvalue weighted by Crippen LogP contribution is -2.04. The highest BCUT2D eigenvalue weighted by atomic mass is 32.1. The van der Waals surface area contributed by atoms with Crippen molar-refractivity contribution in [3.8, 4) is 0 Å². The van der Waals surface area contributed by atoms with E-state index in [1.54, 1.807) is 7.11 Å². The van der Waals surface area contributed by atoms with Gasteiger partial charge in [-0.25, -0.2) is 0 Å². The van der Waals surface area contributed by atoms with E-state index in [-0.39, 0.29) is 0 Å². The zero-order valence-corrected chi connectivity index (χ0v) is 23.2. The highest BCUT2D eigenvalue weighted by Crippen LogP contribution is 2.18. The summed E-state index contributed by atoms with van der Waals surface area (Å²) in [6.07, 6.45) is 24.3. The van der Waals surface area contributed by atoms with E-state index in [0.717, 1.165) is 28.2 Å². The summed E-state index contributed by atoms with van der Waals surface area (Å²) in [6.45, 7) is 2.29. The zero-order valence-electron chi connectivity index (χ0n) is 22.4. The molecular weight excluding hydrogens is 444 g/mol. The van der Waals surface area contributed by atoms with Gasteiger partial charge in [0.05, 0.1) is 12.0 Å². The summed E-state index contributed by atoms with van der Waals surface area (Å²) < 4.78 is 5.58. The molecule has 0 saturated heterocycles. The molecule has 0 radical (unpaired) electrons. The molecule has 192 valence electrons. The molecule has 0 unspecified atom stereocenters. The molecule has 0 aliphatic heterocycles. The Bertz CT molecular complexity index is 822. The second-order valence-corrected chi connectivity index (χ2v) is 10.3. The van der Waals surface area contributed by atoms with E-state index in [4.69, 9.17) is 17.0 Å². The van der Waals surface area contributed by atoms with Crippen LogP contribution in [0.4, 0.5) is 0 Å². The van der Waals surface area contributed by atoms with Gasteiger partial charge >= 0.3 is 0 Å². The Morgan fingerprint density at radius 3 is 1.63 bits per heavy atom. The maximum atomic E-state index is 5.70. The number of methoxy groups -OCH3 is 1. The van der Waals surface area contributed by atoms with Crippen molar-refractivity contribution < 1.29 is 4.74 Å². The third kappa shape index (κ3) is 13.1. The molecule has 0 heterocycles. The first kappa shape index (κ1) is 29.3. The van der Waals surface area contributed by atoms with E-state index >= 15 is 0 Å². The van der Waals surface area contributed by atoms with Crippen molar-refractivity contribution in [2.45, 2.75) is 110 Å². The highest BCUT2D eigenvalue weighted by molar-refractivity contribution is 7.81. The molecule has 0 N–H and O–H groups in total. The molecule has 2 aromatic rings. The molecule has 0 aliphatic carbocycles. The molecular formula is C33H48OS. The third-order valence-corrected chi connectivity index (χ3v) is 7.26. The minimum Gasteiger partial charge on any atom is -0.495 e. The average Bonchev–Trinajstić information content (AvgIpc) is 2.90. The lowest BCUT2D eigenvalue weighted by Gasteiger charge is -2.10. The normalized spacial score (nSPS) is 11.5. The predicted molar refractivity (Wildman–Crippen MR) is 158 cm³/mol. The first-order valence-corrected chi connectivity index (χ1v) is 14.6. The summed E-state index contributed by atoms with van der Waals surface area (Å²) in [6, 6.07) is 18.9. The van der Waals surface area contributed by atoms with Gasteiger partial charge in [0, 0.05) is 0 Å². The van der Waals surface area contributed by atoms with Crippen LogP contribution >= 0.6 is 12.2 Å². The van der Waals surface area contributed by atoms with Gasteiger partial charge in [-0.05, 0) is 35.6 Å². The van der Waals surface area contributed by atoms with E-state index in [1.165, 1.54) is 102 Å². The highest BCUT2D eigenvalue weighted by Gasteiger charge is 2.09. The van der Waals surface area contributed by atoms with Crippen molar-refractivity contribution in [2.24, 2.45) is 0 Å². The molecule has 0 bridgehead atoms. The van der Waals surface area contributed by atoms with Crippen LogP contribution < -0.4 is 0 Å².